The summed E-state index contributed by atoms with van der Waals surface area (Å²) in [5.41, 5.74) is 0.876. The molecule has 1 aromatic carbocycles. The fraction of sp³-hybridized carbons (Fsp3) is 0.250. The molecule has 1 fully saturated rings. The number of halogens is 2. The van der Waals surface area contributed by atoms with E-state index in [0.717, 1.165) is 30.7 Å². The van der Waals surface area contributed by atoms with Gasteiger partial charge in [0.05, 0.1) is 11.1 Å². The maximum absolute atomic E-state index is 14.2. The second kappa shape index (κ2) is 7.85. The molecular formula is C20H18F2N4O2. The number of fused-ring (bicyclic) bond motifs is 1. The van der Waals surface area contributed by atoms with Crippen LogP contribution in [0.2, 0.25) is 0 Å². The van der Waals surface area contributed by atoms with Gasteiger partial charge in [0.15, 0.2) is 0 Å². The number of hydrogen-bond donors (Lipinski definition) is 2. The van der Waals surface area contributed by atoms with Crippen LogP contribution in [0.3, 0.4) is 0 Å². The lowest BCUT2D eigenvalue weighted by molar-refractivity contribution is 0.0845. The first-order chi connectivity index (χ1) is 13.6. The average molecular weight is 384 g/mol. The van der Waals surface area contributed by atoms with Crippen LogP contribution < -0.4 is 10.6 Å². The molecule has 2 N–H and O–H groups in total. The first-order valence-corrected chi connectivity index (χ1v) is 8.97. The number of anilines is 2. The van der Waals surface area contributed by atoms with E-state index in [-0.39, 0.29) is 16.6 Å². The number of nitrogens with zero attached hydrogens (tertiary/aromatic N) is 2. The molecule has 1 aliphatic heterocycles. The van der Waals surface area contributed by atoms with Gasteiger partial charge < -0.3 is 10.1 Å². The summed E-state index contributed by atoms with van der Waals surface area (Å²) in [7, 11) is 0. The van der Waals surface area contributed by atoms with Gasteiger partial charge in [-0.3, -0.25) is 10.3 Å². The van der Waals surface area contributed by atoms with Gasteiger partial charge in [-0.1, -0.05) is 6.07 Å². The quantitative estimate of drug-likeness (QED) is 0.700. The fourth-order valence-electron chi connectivity index (χ4n) is 3.31. The highest BCUT2D eigenvalue weighted by Gasteiger charge is 2.18. The van der Waals surface area contributed by atoms with E-state index in [1.807, 2.05) is 12.1 Å². The largest absolute Gasteiger partial charge is 0.381 e. The van der Waals surface area contributed by atoms with Crippen LogP contribution in [0.25, 0.3) is 10.9 Å². The molecule has 4 rings (SSSR count). The van der Waals surface area contributed by atoms with Crippen LogP contribution >= 0.6 is 0 Å². The number of carbonyl (C=O) groups is 1. The summed E-state index contributed by atoms with van der Waals surface area (Å²) in [6.45, 7) is 1.39. The number of urea groups is 1. The van der Waals surface area contributed by atoms with E-state index < -0.39 is 17.7 Å². The Morgan fingerprint density at radius 3 is 2.64 bits per heavy atom. The van der Waals surface area contributed by atoms with Crippen LogP contribution in [0, 0.1) is 11.6 Å². The molecule has 6 nitrogen and oxygen atoms in total. The van der Waals surface area contributed by atoms with Crippen molar-refractivity contribution in [2.45, 2.75) is 18.8 Å². The molecular weight excluding hydrogens is 366 g/mol. The number of ether oxygens (including phenoxy) is 1. The van der Waals surface area contributed by atoms with Crippen LogP contribution in [0.15, 0.2) is 42.6 Å². The van der Waals surface area contributed by atoms with E-state index in [1.165, 1.54) is 12.3 Å². The van der Waals surface area contributed by atoms with Crippen LogP contribution in [0.1, 0.15) is 24.5 Å². The average Bonchev–Trinajstić information content (AvgIpc) is 2.72. The predicted octanol–water partition coefficient (Wildman–Crippen LogP) is 4.45. The minimum atomic E-state index is -0.667. The molecule has 3 heterocycles. The molecule has 8 heteroatoms. The van der Waals surface area contributed by atoms with E-state index in [9.17, 15) is 13.6 Å². The van der Waals surface area contributed by atoms with Crippen molar-refractivity contribution in [2.24, 2.45) is 0 Å². The summed E-state index contributed by atoms with van der Waals surface area (Å²) in [4.78, 5) is 20.7. The highest BCUT2D eigenvalue weighted by Crippen LogP contribution is 2.28. The number of aromatic nitrogens is 2. The minimum absolute atomic E-state index is 0.0819. The second-order valence-corrected chi connectivity index (χ2v) is 6.52. The molecule has 0 aliphatic carbocycles. The Labute approximate surface area is 159 Å². The highest BCUT2D eigenvalue weighted by atomic mass is 19.1. The predicted molar refractivity (Wildman–Crippen MR) is 101 cm³/mol. The summed E-state index contributed by atoms with van der Waals surface area (Å²) in [5, 5.41) is 5.10. The summed E-state index contributed by atoms with van der Waals surface area (Å²) in [6, 6.07) is 8.23. The van der Waals surface area contributed by atoms with Crippen LogP contribution in [0.5, 0.6) is 0 Å². The number of carbonyl (C=O) groups excluding carboxylic acids is 1. The van der Waals surface area contributed by atoms with Gasteiger partial charge in [0, 0.05) is 31.0 Å². The van der Waals surface area contributed by atoms with Gasteiger partial charge in [-0.05, 0) is 43.2 Å². The first-order valence-electron chi connectivity index (χ1n) is 8.97. The topological polar surface area (TPSA) is 76.1 Å². The van der Waals surface area contributed by atoms with Crippen molar-refractivity contribution in [2.75, 3.05) is 23.8 Å². The molecule has 0 bridgehead atoms. The standard InChI is InChI=1S/C20H18F2N4O2/c21-13-4-5-14(22)19-18(13)16(6-9-23-19)25-20(27)26-17-3-1-2-15(24-17)12-7-10-28-11-8-12/h1-6,9,12H,7-8,10-11H2,(H2,23,24,25,26,27). The molecule has 0 unspecified atom stereocenters. The Bertz CT molecular complexity index is 1020. The monoisotopic (exact) mass is 384 g/mol. The lowest BCUT2D eigenvalue weighted by Crippen LogP contribution is -2.21. The van der Waals surface area contributed by atoms with Gasteiger partial charge in [-0.2, -0.15) is 0 Å². The van der Waals surface area contributed by atoms with Crippen molar-refractivity contribution in [3.8, 4) is 0 Å². The molecule has 0 radical (unpaired) electrons. The van der Waals surface area contributed by atoms with Gasteiger partial charge in [0.1, 0.15) is 23.0 Å². The lowest BCUT2D eigenvalue weighted by atomic mass is 9.96. The number of hydrogen-bond acceptors (Lipinski definition) is 4. The molecule has 0 atom stereocenters. The van der Waals surface area contributed by atoms with Crippen LogP contribution in [0.4, 0.5) is 25.1 Å². The van der Waals surface area contributed by atoms with Gasteiger partial charge in [0.25, 0.3) is 0 Å². The Kier molecular flexibility index (Phi) is 5.12. The number of amides is 2. The van der Waals surface area contributed by atoms with Crippen molar-refractivity contribution < 1.29 is 18.3 Å². The zero-order valence-electron chi connectivity index (χ0n) is 14.9. The third-order valence-electron chi connectivity index (χ3n) is 4.69. The zero-order valence-corrected chi connectivity index (χ0v) is 14.9. The lowest BCUT2D eigenvalue weighted by Gasteiger charge is -2.21. The van der Waals surface area contributed by atoms with Crippen molar-refractivity contribution in [1.82, 2.24) is 9.97 Å². The molecule has 0 spiro atoms. The van der Waals surface area contributed by atoms with Crippen molar-refractivity contribution in [3.05, 3.63) is 59.9 Å². The van der Waals surface area contributed by atoms with Gasteiger partial charge in [0.2, 0.25) is 0 Å². The van der Waals surface area contributed by atoms with Crippen molar-refractivity contribution in [3.63, 3.8) is 0 Å². The molecule has 28 heavy (non-hydrogen) atoms. The normalized spacial score (nSPS) is 14.8. The minimum Gasteiger partial charge on any atom is -0.381 e. The molecule has 1 saturated heterocycles. The molecule has 0 saturated carbocycles. The van der Waals surface area contributed by atoms with Crippen LogP contribution in [-0.2, 0) is 4.74 Å². The van der Waals surface area contributed by atoms with Crippen molar-refractivity contribution in [1.29, 1.82) is 0 Å². The van der Waals surface area contributed by atoms with E-state index in [2.05, 4.69) is 20.6 Å². The van der Waals surface area contributed by atoms with E-state index >= 15 is 0 Å². The Morgan fingerprint density at radius 2 is 1.82 bits per heavy atom. The zero-order chi connectivity index (χ0) is 19.5. The summed E-state index contributed by atoms with van der Waals surface area (Å²) < 4.78 is 33.4. The summed E-state index contributed by atoms with van der Waals surface area (Å²) in [5.74, 6) is -0.656. The second-order valence-electron chi connectivity index (χ2n) is 6.52. The molecule has 2 amide bonds. The SMILES string of the molecule is O=C(Nc1cccc(C2CCOCC2)n1)Nc1ccnc2c(F)ccc(F)c12. The smallest absolute Gasteiger partial charge is 0.324 e. The van der Waals surface area contributed by atoms with Gasteiger partial charge >= 0.3 is 6.03 Å². The molecule has 3 aromatic rings. The summed E-state index contributed by atoms with van der Waals surface area (Å²) in [6.07, 6.45) is 3.08. The molecule has 2 aromatic heterocycles. The number of rotatable bonds is 3. The number of pyridine rings is 2. The third kappa shape index (κ3) is 3.77. The van der Waals surface area contributed by atoms with E-state index in [4.69, 9.17) is 4.74 Å². The van der Waals surface area contributed by atoms with Crippen LogP contribution in [-0.4, -0.2) is 29.2 Å². The third-order valence-corrected chi connectivity index (χ3v) is 4.69. The Hall–Kier alpha value is -3.13. The highest BCUT2D eigenvalue weighted by molar-refractivity contribution is 6.05. The van der Waals surface area contributed by atoms with Crippen molar-refractivity contribution >= 4 is 28.4 Å². The van der Waals surface area contributed by atoms with E-state index in [1.54, 1.807) is 6.07 Å². The molecule has 144 valence electrons. The first kappa shape index (κ1) is 18.2. The number of benzene rings is 1. The van der Waals surface area contributed by atoms with E-state index in [0.29, 0.717) is 24.9 Å². The van der Waals surface area contributed by atoms with Gasteiger partial charge in [-0.25, -0.2) is 18.6 Å². The molecule has 1 aliphatic rings. The Balaban J connectivity index is 1.53. The van der Waals surface area contributed by atoms with Gasteiger partial charge in [-0.15, -0.1) is 0 Å². The maximum Gasteiger partial charge on any atom is 0.324 e. The fourth-order valence-corrected chi connectivity index (χ4v) is 3.31. The Morgan fingerprint density at radius 1 is 1.04 bits per heavy atom. The maximum atomic E-state index is 14.2. The number of nitrogens with one attached hydrogen (secondary N) is 2. The summed E-state index contributed by atoms with van der Waals surface area (Å²) >= 11 is 0.